The zero-order chi connectivity index (χ0) is 24.3. The number of hydrogen-bond donors (Lipinski definition) is 1. The summed E-state index contributed by atoms with van der Waals surface area (Å²) in [6.07, 6.45) is -2.10. The van der Waals surface area contributed by atoms with Crippen LogP contribution in [0.2, 0.25) is 0 Å². The molecular formula is C23H24F3N3O3S. The third-order valence-corrected chi connectivity index (χ3v) is 5.92. The number of aromatic nitrogens is 2. The van der Waals surface area contributed by atoms with Crippen LogP contribution in [0.3, 0.4) is 0 Å². The second-order valence-corrected chi connectivity index (χ2v) is 9.14. The molecule has 3 aromatic rings. The number of nitrogens with one attached hydrogen (secondary N) is 1. The van der Waals surface area contributed by atoms with Crippen LogP contribution in [0, 0.1) is 5.92 Å². The Hall–Kier alpha value is -3.01. The molecule has 3 rings (SSSR count). The van der Waals surface area contributed by atoms with Gasteiger partial charge >= 0.3 is 12.1 Å². The van der Waals surface area contributed by atoms with Crippen molar-refractivity contribution in [2.45, 2.75) is 52.6 Å². The molecule has 2 aromatic heterocycles. The molecule has 1 amide bonds. The first kappa shape index (κ1) is 24.6. The van der Waals surface area contributed by atoms with Crippen molar-refractivity contribution in [2.75, 3.05) is 5.32 Å². The van der Waals surface area contributed by atoms with Crippen molar-refractivity contribution in [3.8, 4) is 5.75 Å². The van der Waals surface area contributed by atoms with Crippen LogP contribution in [0.25, 0.3) is 10.2 Å². The minimum Gasteiger partial charge on any atom is -0.426 e. The normalized spacial score (nSPS) is 12.7. The molecule has 33 heavy (non-hydrogen) atoms. The molecule has 0 fully saturated rings. The summed E-state index contributed by atoms with van der Waals surface area (Å²) in [4.78, 5) is 33.9. The molecule has 1 aromatic carbocycles. The van der Waals surface area contributed by atoms with E-state index in [1.54, 1.807) is 26.1 Å². The molecule has 1 unspecified atom stereocenters. The maximum Gasteiger partial charge on any atom is 0.416 e. The van der Waals surface area contributed by atoms with Crippen LogP contribution < -0.4 is 10.1 Å². The Balaban J connectivity index is 1.95. The van der Waals surface area contributed by atoms with Crippen LogP contribution in [0.1, 0.15) is 68.1 Å². The van der Waals surface area contributed by atoms with Crippen molar-refractivity contribution in [1.82, 2.24) is 9.97 Å². The molecule has 0 bridgehead atoms. The first-order valence-electron chi connectivity index (χ1n) is 10.5. The molecular weight excluding hydrogens is 455 g/mol. The zero-order valence-corrected chi connectivity index (χ0v) is 19.4. The minimum atomic E-state index is -4.66. The monoisotopic (exact) mass is 479 g/mol. The Kier molecular flexibility index (Phi) is 7.36. The van der Waals surface area contributed by atoms with E-state index in [0.717, 1.165) is 28.9 Å². The van der Waals surface area contributed by atoms with Gasteiger partial charge in [0.05, 0.1) is 21.5 Å². The van der Waals surface area contributed by atoms with Gasteiger partial charge in [-0.15, -0.1) is 0 Å². The Bertz CT molecular complexity index is 1170. The quantitative estimate of drug-likeness (QED) is 0.312. The maximum atomic E-state index is 13.3. The van der Waals surface area contributed by atoms with E-state index in [1.165, 1.54) is 11.3 Å². The van der Waals surface area contributed by atoms with E-state index in [1.807, 2.05) is 13.8 Å². The standard InChI is InChI=1S/C23H24F3N3O3S/c1-5-13(4)19-20-17(8-9-27-19)33-22(28-20)29-21(31)15-11-14(23(24,25)26)6-7-16(15)32-18(30)10-12(2)3/h6-9,11-13H,5,10H2,1-4H3,(H,28,29,31). The van der Waals surface area contributed by atoms with Gasteiger partial charge in [0.1, 0.15) is 11.3 Å². The van der Waals surface area contributed by atoms with Crippen LogP contribution >= 0.6 is 11.3 Å². The molecule has 0 aliphatic carbocycles. The van der Waals surface area contributed by atoms with Crippen molar-refractivity contribution in [3.63, 3.8) is 0 Å². The molecule has 0 spiro atoms. The molecule has 0 radical (unpaired) electrons. The summed E-state index contributed by atoms with van der Waals surface area (Å²) in [5.74, 6) is -1.60. The Labute approximate surface area is 193 Å². The number of rotatable bonds is 7. The zero-order valence-electron chi connectivity index (χ0n) is 18.6. The first-order chi connectivity index (χ1) is 15.5. The third kappa shape index (κ3) is 5.87. The van der Waals surface area contributed by atoms with Gasteiger partial charge in [0, 0.05) is 18.5 Å². The lowest BCUT2D eigenvalue weighted by molar-refractivity contribution is -0.137. The highest BCUT2D eigenvalue weighted by Crippen LogP contribution is 2.35. The largest absolute Gasteiger partial charge is 0.426 e. The van der Waals surface area contributed by atoms with Crippen molar-refractivity contribution in [1.29, 1.82) is 0 Å². The van der Waals surface area contributed by atoms with Crippen molar-refractivity contribution < 1.29 is 27.5 Å². The molecule has 1 atom stereocenters. The summed E-state index contributed by atoms with van der Waals surface area (Å²) in [6.45, 7) is 7.64. The van der Waals surface area contributed by atoms with Gasteiger partial charge in [-0.2, -0.15) is 13.2 Å². The lowest BCUT2D eigenvalue weighted by Gasteiger charge is -2.13. The average Bonchev–Trinajstić information content (AvgIpc) is 3.14. The lowest BCUT2D eigenvalue weighted by atomic mass is 10.0. The Morgan fingerprint density at radius 3 is 2.55 bits per heavy atom. The predicted octanol–water partition coefficient (Wildman–Crippen LogP) is 6.43. The summed E-state index contributed by atoms with van der Waals surface area (Å²) >= 11 is 1.19. The van der Waals surface area contributed by atoms with E-state index in [4.69, 9.17) is 4.74 Å². The third-order valence-electron chi connectivity index (χ3n) is 4.99. The van der Waals surface area contributed by atoms with Gasteiger partial charge in [-0.05, 0) is 36.6 Å². The summed E-state index contributed by atoms with van der Waals surface area (Å²) in [7, 11) is 0. The molecule has 0 aliphatic heterocycles. The van der Waals surface area contributed by atoms with Gasteiger partial charge in [-0.25, -0.2) is 4.98 Å². The van der Waals surface area contributed by atoms with Gasteiger partial charge in [-0.3, -0.25) is 19.9 Å². The number of amides is 1. The number of halogens is 3. The summed E-state index contributed by atoms with van der Waals surface area (Å²) in [5, 5.41) is 2.76. The van der Waals surface area contributed by atoms with Crippen LogP contribution in [0.15, 0.2) is 30.5 Å². The highest BCUT2D eigenvalue weighted by molar-refractivity contribution is 7.22. The number of alkyl halides is 3. The molecule has 0 aliphatic rings. The van der Waals surface area contributed by atoms with Gasteiger partial charge in [0.15, 0.2) is 5.13 Å². The van der Waals surface area contributed by atoms with Crippen molar-refractivity contribution in [3.05, 3.63) is 47.3 Å². The highest BCUT2D eigenvalue weighted by atomic mass is 32.1. The fourth-order valence-corrected chi connectivity index (χ4v) is 3.98. The highest BCUT2D eigenvalue weighted by Gasteiger charge is 2.32. The molecule has 176 valence electrons. The number of esters is 1. The summed E-state index contributed by atoms with van der Waals surface area (Å²) < 4.78 is 45.8. The maximum absolute atomic E-state index is 13.3. The summed E-state index contributed by atoms with van der Waals surface area (Å²) in [5.41, 5.74) is -0.000716. The summed E-state index contributed by atoms with van der Waals surface area (Å²) in [6, 6.07) is 4.19. The van der Waals surface area contributed by atoms with Crippen molar-refractivity contribution in [2.24, 2.45) is 5.92 Å². The number of thiazole rings is 1. The average molecular weight is 480 g/mol. The van der Waals surface area contributed by atoms with E-state index in [2.05, 4.69) is 15.3 Å². The number of hydrogen-bond acceptors (Lipinski definition) is 6. The predicted molar refractivity (Wildman–Crippen MR) is 121 cm³/mol. The number of ether oxygens (including phenoxy) is 1. The minimum absolute atomic E-state index is 0.0136. The molecule has 0 saturated heterocycles. The van der Waals surface area contributed by atoms with E-state index in [9.17, 15) is 22.8 Å². The van der Waals surface area contributed by atoms with Gasteiger partial charge in [0.25, 0.3) is 5.91 Å². The molecule has 2 heterocycles. The fraction of sp³-hybridized carbons (Fsp3) is 0.391. The van der Waals surface area contributed by atoms with E-state index >= 15 is 0 Å². The van der Waals surface area contributed by atoms with Gasteiger partial charge in [0.2, 0.25) is 0 Å². The van der Waals surface area contributed by atoms with Gasteiger partial charge < -0.3 is 4.74 Å². The number of fused-ring (bicyclic) bond motifs is 1. The number of benzene rings is 1. The number of anilines is 1. The van der Waals surface area contributed by atoms with Gasteiger partial charge in [-0.1, -0.05) is 39.0 Å². The molecule has 10 heteroatoms. The van der Waals surface area contributed by atoms with Crippen LogP contribution in [-0.4, -0.2) is 21.8 Å². The lowest BCUT2D eigenvalue weighted by Crippen LogP contribution is -2.18. The van der Waals surface area contributed by atoms with Crippen LogP contribution in [0.5, 0.6) is 5.75 Å². The van der Waals surface area contributed by atoms with Crippen LogP contribution in [0.4, 0.5) is 18.3 Å². The number of carbonyl (C=O) groups is 2. The van der Waals surface area contributed by atoms with Crippen LogP contribution in [-0.2, 0) is 11.0 Å². The van der Waals surface area contributed by atoms with E-state index in [0.29, 0.717) is 11.6 Å². The van der Waals surface area contributed by atoms with E-state index < -0.39 is 29.2 Å². The Morgan fingerprint density at radius 2 is 1.91 bits per heavy atom. The number of carbonyl (C=O) groups excluding carboxylic acids is 2. The fourth-order valence-electron chi connectivity index (χ4n) is 3.12. The molecule has 6 nitrogen and oxygen atoms in total. The smallest absolute Gasteiger partial charge is 0.416 e. The molecule has 0 saturated carbocycles. The molecule has 1 N–H and O–H groups in total. The number of pyridine rings is 1. The first-order valence-corrected chi connectivity index (χ1v) is 11.3. The van der Waals surface area contributed by atoms with Crippen molar-refractivity contribution >= 4 is 38.6 Å². The SMILES string of the molecule is CCC(C)c1nccc2sc(NC(=O)c3cc(C(F)(F)F)ccc3OC(=O)CC(C)C)nc12. The second kappa shape index (κ2) is 9.86. The van der Waals surface area contributed by atoms with E-state index in [-0.39, 0.29) is 29.1 Å². The second-order valence-electron chi connectivity index (χ2n) is 8.11. The number of nitrogens with zero attached hydrogens (tertiary/aromatic N) is 2. The topological polar surface area (TPSA) is 81.2 Å². The Morgan fingerprint density at radius 1 is 1.18 bits per heavy atom.